The van der Waals surface area contributed by atoms with E-state index >= 15 is 0 Å². The Bertz CT molecular complexity index is 988. The quantitative estimate of drug-likeness (QED) is 0.450. The molecule has 5 nitrogen and oxygen atoms in total. The normalized spacial score (nSPS) is 47.8. The molecule has 6 unspecified atom stereocenters. The molecule has 2 aliphatic heterocycles. The zero-order valence-corrected chi connectivity index (χ0v) is 18.0. The van der Waals surface area contributed by atoms with E-state index in [9.17, 15) is 9.90 Å². The third-order valence-corrected chi connectivity index (χ3v) is 10.9. The Kier molecular flexibility index (Phi) is 2.99. The molecule has 3 aliphatic carbocycles. The third kappa shape index (κ3) is 1.65. The number of ether oxygens (including phenoxy) is 2. The van der Waals surface area contributed by atoms with E-state index in [1.165, 1.54) is 22.7 Å². The second kappa shape index (κ2) is 4.97. The van der Waals surface area contributed by atoms with Crippen molar-refractivity contribution in [2.45, 2.75) is 55.3 Å². The van der Waals surface area contributed by atoms with Crippen LogP contribution in [0.4, 0.5) is 0 Å². The van der Waals surface area contributed by atoms with Gasteiger partial charge in [0.15, 0.2) is 5.60 Å². The molecule has 7 heteroatoms. The number of fused-ring (bicyclic) bond motifs is 1. The average Bonchev–Trinajstić information content (AvgIpc) is 3.24. The smallest absolute Gasteiger partial charge is 0.349 e. The van der Waals surface area contributed by atoms with Crippen LogP contribution in [0.1, 0.15) is 29.5 Å². The summed E-state index contributed by atoms with van der Waals surface area (Å²) in [6.45, 7) is 3.36. The molecule has 5 fully saturated rings. The Morgan fingerprint density at radius 1 is 1.34 bits per heavy atom. The number of thiophene rings is 2. The molecule has 8 atom stereocenters. The minimum absolute atomic E-state index is 0.120. The number of quaternary nitrogens is 1. The zero-order valence-electron chi connectivity index (χ0n) is 16.4. The Labute approximate surface area is 177 Å². The van der Waals surface area contributed by atoms with Gasteiger partial charge in [-0.2, -0.15) is 0 Å². The molecule has 2 spiro atoms. The first-order valence-corrected chi connectivity index (χ1v) is 12.2. The van der Waals surface area contributed by atoms with Crippen molar-refractivity contribution in [2.24, 2.45) is 11.3 Å². The summed E-state index contributed by atoms with van der Waals surface area (Å²) in [4.78, 5) is 14.6. The summed E-state index contributed by atoms with van der Waals surface area (Å²) in [5.74, 6) is 0.165. The van der Waals surface area contributed by atoms with E-state index < -0.39 is 11.6 Å². The van der Waals surface area contributed by atoms with Gasteiger partial charge in [-0.05, 0) is 29.8 Å². The van der Waals surface area contributed by atoms with Crippen LogP contribution in [0.5, 0.6) is 0 Å². The van der Waals surface area contributed by atoms with Gasteiger partial charge in [-0.15, -0.1) is 22.7 Å². The summed E-state index contributed by atoms with van der Waals surface area (Å²) in [7, 11) is 2.35. The standard InChI is InChI=1S/C22H24NO4S2/c1-3-23(2)13-10-12(11-20(13)16-17-22(16,27-17)18(20)23)26-19(24)21(25,14-6-4-8-28-14)15-7-5-9-29-15/h4-9,12-13,16-18,25H,3,10-11H2,1-2H3/q+1/t12-,13?,16?,17?,18?,20?,22?,23-/m0/s1. The molecule has 29 heavy (non-hydrogen) atoms. The van der Waals surface area contributed by atoms with Gasteiger partial charge in [-0.1, -0.05) is 12.1 Å². The Morgan fingerprint density at radius 2 is 2.03 bits per heavy atom. The van der Waals surface area contributed by atoms with Gasteiger partial charge in [0.2, 0.25) is 5.60 Å². The van der Waals surface area contributed by atoms with Crippen molar-refractivity contribution in [3.8, 4) is 0 Å². The summed E-state index contributed by atoms with van der Waals surface area (Å²) in [5, 5.41) is 15.3. The first-order chi connectivity index (χ1) is 13.9. The number of aliphatic hydroxyl groups is 1. The molecule has 3 saturated carbocycles. The predicted molar refractivity (Wildman–Crippen MR) is 109 cm³/mol. The molecule has 1 N–H and O–H groups in total. The van der Waals surface area contributed by atoms with E-state index in [4.69, 9.17) is 9.47 Å². The van der Waals surface area contributed by atoms with Gasteiger partial charge >= 0.3 is 5.97 Å². The maximum atomic E-state index is 13.4. The fourth-order valence-corrected chi connectivity index (χ4v) is 9.54. The highest BCUT2D eigenvalue weighted by molar-refractivity contribution is 7.12. The lowest BCUT2D eigenvalue weighted by atomic mass is 9.50. The van der Waals surface area contributed by atoms with Crippen molar-refractivity contribution in [1.82, 2.24) is 0 Å². The Morgan fingerprint density at radius 3 is 2.59 bits per heavy atom. The maximum absolute atomic E-state index is 13.4. The van der Waals surface area contributed by atoms with Crippen LogP contribution >= 0.6 is 22.7 Å². The summed E-state index contributed by atoms with van der Waals surface area (Å²) >= 11 is 2.78. The van der Waals surface area contributed by atoms with Gasteiger partial charge in [0, 0.05) is 18.8 Å². The van der Waals surface area contributed by atoms with E-state index in [1.54, 1.807) is 0 Å². The number of likely N-dealkylation sites (N-methyl/N-ethyl adjacent to an activating group) is 1. The van der Waals surface area contributed by atoms with Crippen LogP contribution < -0.4 is 0 Å². The summed E-state index contributed by atoms with van der Waals surface area (Å²) in [6, 6.07) is 8.49. The molecule has 2 saturated heterocycles. The van der Waals surface area contributed by atoms with Gasteiger partial charge in [0.1, 0.15) is 24.3 Å². The number of carbonyl (C=O) groups is 1. The first-order valence-electron chi connectivity index (χ1n) is 10.5. The van der Waals surface area contributed by atoms with Crippen LogP contribution in [0.15, 0.2) is 35.0 Å². The SMILES string of the molecule is CC[N@@+]1(C)C2C[C@H](OC(=O)C(O)(c3cccs3)c3cccs3)CC23C2C4OC42C31. The molecular weight excluding hydrogens is 406 g/mol. The van der Waals surface area contributed by atoms with E-state index in [1.807, 2.05) is 35.0 Å². The molecule has 0 aromatic carbocycles. The molecular formula is C22H24NO4S2+. The minimum Gasteiger partial charge on any atom is -0.459 e. The van der Waals surface area contributed by atoms with Crippen LogP contribution in [0.25, 0.3) is 0 Å². The van der Waals surface area contributed by atoms with Gasteiger partial charge < -0.3 is 19.1 Å². The fraction of sp³-hybridized carbons (Fsp3) is 0.591. The summed E-state index contributed by atoms with van der Waals surface area (Å²) < 4.78 is 13.1. The Balaban J connectivity index is 1.18. The van der Waals surface area contributed by atoms with E-state index in [0.717, 1.165) is 23.9 Å². The highest BCUT2D eigenvalue weighted by atomic mass is 32.1. The van der Waals surface area contributed by atoms with E-state index in [2.05, 4.69) is 14.0 Å². The van der Waals surface area contributed by atoms with Crippen LogP contribution in [0, 0.1) is 11.3 Å². The highest BCUT2D eigenvalue weighted by Crippen LogP contribution is 2.93. The lowest BCUT2D eigenvalue weighted by molar-refractivity contribution is -1.03. The molecule has 0 bridgehead atoms. The Hall–Kier alpha value is -1.25. The fourth-order valence-electron chi connectivity index (χ4n) is 7.82. The average molecular weight is 431 g/mol. The van der Waals surface area contributed by atoms with Gasteiger partial charge in [-0.25, -0.2) is 4.79 Å². The summed E-state index contributed by atoms with van der Waals surface area (Å²) in [6.07, 6.45) is 2.19. The molecule has 0 radical (unpaired) electrons. The lowest BCUT2D eigenvalue weighted by Crippen LogP contribution is -2.88. The molecule has 152 valence electrons. The number of esters is 1. The van der Waals surface area contributed by atoms with Gasteiger partial charge in [-0.3, -0.25) is 0 Å². The molecule has 0 amide bonds. The lowest BCUT2D eigenvalue weighted by Gasteiger charge is -2.72. The van der Waals surface area contributed by atoms with Gasteiger partial charge in [0.05, 0.1) is 28.8 Å². The number of likely N-dealkylation sites (tertiary alicyclic amines) is 1. The maximum Gasteiger partial charge on any atom is 0.349 e. The largest absolute Gasteiger partial charge is 0.459 e. The molecule has 2 aromatic rings. The third-order valence-electron chi connectivity index (χ3n) is 8.91. The number of hydrogen-bond donors (Lipinski definition) is 1. The van der Waals surface area contributed by atoms with Gasteiger partial charge in [0.25, 0.3) is 0 Å². The molecule has 5 aliphatic rings. The van der Waals surface area contributed by atoms with Crippen LogP contribution in [-0.2, 0) is 19.9 Å². The van der Waals surface area contributed by atoms with Crippen LogP contribution in [0.3, 0.4) is 0 Å². The van der Waals surface area contributed by atoms with Crippen LogP contribution in [-0.4, -0.2) is 59.0 Å². The number of hydrogen-bond acceptors (Lipinski definition) is 6. The molecule has 2 aromatic heterocycles. The van der Waals surface area contributed by atoms with E-state index in [0.29, 0.717) is 39.3 Å². The minimum atomic E-state index is -1.71. The first kappa shape index (κ1) is 17.4. The second-order valence-electron chi connectivity index (χ2n) is 9.70. The number of rotatable bonds is 5. The molecule has 4 heterocycles. The van der Waals surface area contributed by atoms with Crippen molar-refractivity contribution >= 4 is 28.6 Å². The second-order valence-corrected chi connectivity index (χ2v) is 11.6. The number of nitrogens with zero attached hydrogens (tertiary/aromatic N) is 1. The number of epoxide rings is 1. The topological polar surface area (TPSA) is 59.1 Å². The number of piperidine rings is 1. The van der Waals surface area contributed by atoms with Crippen LogP contribution in [0.2, 0.25) is 0 Å². The predicted octanol–water partition coefficient (Wildman–Crippen LogP) is 2.74. The summed E-state index contributed by atoms with van der Waals surface area (Å²) in [5.41, 5.74) is -1.22. The van der Waals surface area contributed by atoms with Crippen molar-refractivity contribution in [3.63, 3.8) is 0 Å². The molecule has 7 rings (SSSR count). The van der Waals surface area contributed by atoms with Crippen molar-refractivity contribution in [2.75, 3.05) is 13.6 Å². The van der Waals surface area contributed by atoms with Crippen molar-refractivity contribution in [1.29, 1.82) is 0 Å². The van der Waals surface area contributed by atoms with Crippen molar-refractivity contribution < 1.29 is 23.9 Å². The van der Waals surface area contributed by atoms with Crippen molar-refractivity contribution in [3.05, 3.63) is 44.8 Å². The monoisotopic (exact) mass is 430 g/mol. The number of carbonyl (C=O) groups excluding carboxylic acids is 1. The highest BCUT2D eigenvalue weighted by Gasteiger charge is 3.10. The van der Waals surface area contributed by atoms with E-state index in [-0.39, 0.29) is 11.7 Å². The zero-order chi connectivity index (χ0) is 19.8.